The molecule has 7 heteroatoms. The SMILES string of the molecule is CCOC(=O)CCc1cc(OC)ccc1-c1ccc(-c2cccc(C(F)(F)F)c2)c(CO)c1. The number of halogens is 3. The van der Waals surface area contributed by atoms with E-state index in [1.54, 1.807) is 44.4 Å². The Bertz CT molecular complexity index is 1120. The first-order valence-electron chi connectivity index (χ1n) is 10.5. The van der Waals surface area contributed by atoms with Crippen molar-refractivity contribution < 1.29 is 32.5 Å². The molecule has 33 heavy (non-hydrogen) atoms. The topological polar surface area (TPSA) is 55.8 Å². The lowest BCUT2D eigenvalue weighted by molar-refractivity contribution is -0.143. The van der Waals surface area contributed by atoms with Gasteiger partial charge in [-0.05, 0) is 77.1 Å². The normalized spacial score (nSPS) is 11.3. The van der Waals surface area contributed by atoms with E-state index in [1.165, 1.54) is 6.07 Å². The maximum Gasteiger partial charge on any atom is 0.416 e. The summed E-state index contributed by atoms with van der Waals surface area (Å²) in [6.45, 7) is 1.71. The third kappa shape index (κ3) is 5.93. The van der Waals surface area contributed by atoms with E-state index >= 15 is 0 Å². The Balaban J connectivity index is 2.00. The molecule has 0 aliphatic rings. The number of aryl methyl sites for hydroxylation is 1. The lowest BCUT2D eigenvalue weighted by atomic mass is 9.91. The monoisotopic (exact) mass is 458 g/mol. The molecule has 0 aliphatic heterocycles. The van der Waals surface area contributed by atoms with Crippen LogP contribution in [0.1, 0.15) is 30.0 Å². The van der Waals surface area contributed by atoms with Crippen molar-refractivity contribution in [3.63, 3.8) is 0 Å². The highest BCUT2D eigenvalue weighted by atomic mass is 19.4. The smallest absolute Gasteiger partial charge is 0.416 e. The molecule has 3 rings (SSSR count). The zero-order chi connectivity index (χ0) is 24.0. The fourth-order valence-electron chi connectivity index (χ4n) is 3.69. The van der Waals surface area contributed by atoms with Gasteiger partial charge >= 0.3 is 12.1 Å². The van der Waals surface area contributed by atoms with Crippen LogP contribution in [0.3, 0.4) is 0 Å². The maximum atomic E-state index is 13.1. The number of methoxy groups -OCH3 is 1. The molecule has 0 aromatic heterocycles. The molecule has 0 spiro atoms. The fraction of sp³-hybridized carbons (Fsp3) is 0.269. The van der Waals surface area contributed by atoms with Gasteiger partial charge in [0.2, 0.25) is 0 Å². The highest BCUT2D eigenvalue weighted by Crippen LogP contribution is 2.36. The van der Waals surface area contributed by atoms with Crippen molar-refractivity contribution in [1.29, 1.82) is 0 Å². The molecule has 0 saturated heterocycles. The third-order valence-electron chi connectivity index (χ3n) is 5.30. The van der Waals surface area contributed by atoms with Gasteiger partial charge in [0.25, 0.3) is 0 Å². The molecule has 3 aromatic rings. The van der Waals surface area contributed by atoms with E-state index in [0.717, 1.165) is 28.8 Å². The number of aliphatic hydroxyl groups is 1. The van der Waals surface area contributed by atoms with Gasteiger partial charge < -0.3 is 14.6 Å². The van der Waals surface area contributed by atoms with Crippen molar-refractivity contribution >= 4 is 5.97 Å². The Labute approximate surface area is 190 Å². The molecule has 0 unspecified atom stereocenters. The molecule has 174 valence electrons. The molecule has 0 amide bonds. The summed E-state index contributed by atoms with van der Waals surface area (Å²) in [5.74, 6) is 0.336. The second-order valence-corrected chi connectivity index (χ2v) is 7.44. The minimum Gasteiger partial charge on any atom is -0.497 e. The number of ether oxygens (including phenoxy) is 2. The summed E-state index contributed by atoms with van der Waals surface area (Å²) in [5.41, 5.74) is 3.12. The minimum absolute atomic E-state index is 0.198. The summed E-state index contributed by atoms with van der Waals surface area (Å²) in [7, 11) is 1.55. The van der Waals surface area contributed by atoms with Crippen molar-refractivity contribution in [3.8, 4) is 28.0 Å². The highest BCUT2D eigenvalue weighted by Gasteiger charge is 2.30. The first-order chi connectivity index (χ1) is 15.8. The van der Waals surface area contributed by atoms with Crippen LogP contribution < -0.4 is 4.74 Å². The third-order valence-corrected chi connectivity index (χ3v) is 5.30. The minimum atomic E-state index is -4.45. The Kier molecular flexibility index (Phi) is 7.76. The summed E-state index contributed by atoms with van der Waals surface area (Å²) in [5, 5.41) is 9.96. The van der Waals surface area contributed by atoms with Crippen molar-refractivity contribution in [3.05, 3.63) is 77.4 Å². The van der Waals surface area contributed by atoms with Crippen LogP contribution in [0.2, 0.25) is 0 Å². The number of carbonyl (C=O) groups excluding carboxylic acids is 1. The lowest BCUT2D eigenvalue weighted by Gasteiger charge is -2.15. The van der Waals surface area contributed by atoms with E-state index in [4.69, 9.17) is 9.47 Å². The number of hydrogen-bond donors (Lipinski definition) is 1. The Hall–Kier alpha value is -3.32. The van der Waals surface area contributed by atoms with Crippen LogP contribution in [-0.2, 0) is 28.7 Å². The molecular formula is C26H25F3O4. The van der Waals surface area contributed by atoms with Crippen LogP contribution in [0.4, 0.5) is 13.2 Å². The zero-order valence-corrected chi connectivity index (χ0v) is 18.4. The number of carbonyl (C=O) groups is 1. The van der Waals surface area contributed by atoms with Crippen molar-refractivity contribution in [2.75, 3.05) is 13.7 Å². The van der Waals surface area contributed by atoms with Gasteiger partial charge in [0.15, 0.2) is 0 Å². The first-order valence-corrected chi connectivity index (χ1v) is 10.5. The molecule has 0 fully saturated rings. The number of alkyl halides is 3. The number of hydrogen-bond acceptors (Lipinski definition) is 4. The standard InChI is InChI=1S/C26H25F3O4/c1-3-33-25(31)12-8-19-15-22(32-2)9-11-23(19)18-7-10-24(20(13-18)16-30)17-5-4-6-21(14-17)26(27,28)29/h4-7,9-11,13-15,30H,3,8,12,16H2,1-2H3. The van der Waals surface area contributed by atoms with Gasteiger partial charge in [0, 0.05) is 6.42 Å². The second kappa shape index (κ2) is 10.5. The summed E-state index contributed by atoms with van der Waals surface area (Å²) < 4.78 is 49.8. The Morgan fingerprint density at radius 2 is 1.64 bits per heavy atom. The van der Waals surface area contributed by atoms with Crippen LogP contribution in [0.25, 0.3) is 22.3 Å². The van der Waals surface area contributed by atoms with Crippen LogP contribution >= 0.6 is 0 Å². The van der Waals surface area contributed by atoms with Crippen LogP contribution in [-0.4, -0.2) is 24.8 Å². The summed E-state index contributed by atoms with van der Waals surface area (Å²) >= 11 is 0. The van der Waals surface area contributed by atoms with Crippen LogP contribution in [0.5, 0.6) is 5.75 Å². The Morgan fingerprint density at radius 1 is 0.939 bits per heavy atom. The van der Waals surface area contributed by atoms with Crippen LogP contribution in [0, 0.1) is 0 Å². The van der Waals surface area contributed by atoms with E-state index in [2.05, 4.69) is 0 Å². The molecule has 4 nitrogen and oxygen atoms in total. The van der Waals surface area contributed by atoms with Gasteiger partial charge in [0.05, 0.1) is 25.9 Å². The van der Waals surface area contributed by atoms with Gasteiger partial charge in [-0.15, -0.1) is 0 Å². The molecule has 0 saturated carbocycles. The molecule has 0 aliphatic carbocycles. The van der Waals surface area contributed by atoms with E-state index in [0.29, 0.717) is 35.5 Å². The van der Waals surface area contributed by atoms with Gasteiger partial charge in [-0.2, -0.15) is 13.2 Å². The van der Waals surface area contributed by atoms with Crippen molar-refractivity contribution in [2.24, 2.45) is 0 Å². The van der Waals surface area contributed by atoms with E-state index in [-0.39, 0.29) is 19.0 Å². The molecule has 0 radical (unpaired) electrons. The summed E-state index contributed by atoms with van der Waals surface area (Å²) in [6, 6.07) is 15.8. The average Bonchev–Trinajstić information content (AvgIpc) is 2.82. The van der Waals surface area contributed by atoms with Gasteiger partial charge in [-0.25, -0.2) is 0 Å². The van der Waals surface area contributed by atoms with E-state index in [1.807, 2.05) is 12.1 Å². The Morgan fingerprint density at radius 3 is 2.30 bits per heavy atom. The predicted octanol–water partition coefficient (Wildman–Crippen LogP) is 6.04. The molecular weight excluding hydrogens is 433 g/mol. The quantitative estimate of drug-likeness (QED) is 0.419. The van der Waals surface area contributed by atoms with Crippen molar-refractivity contribution in [1.82, 2.24) is 0 Å². The van der Waals surface area contributed by atoms with Gasteiger partial charge in [-0.3, -0.25) is 4.79 Å². The summed E-state index contributed by atoms with van der Waals surface area (Å²) in [4.78, 5) is 11.9. The average molecular weight is 458 g/mol. The predicted molar refractivity (Wildman–Crippen MR) is 120 cm³/mol. The first kappa shape index (κ1) is 24.3. The zero-order valence-electron chi connectivity index (χ0n) is 18.4. The molecule has 1 N–H and O–H groups in total. The number of rotatable bonds is 8. The lowest BCUT2D eigenvalue weighted by Crippen LogP contribution is -2.06. The van der Waals surface area contributed by atoms with Crippen LogP contribution in [0.15, 0.2) is 60.7 Å². The van der Waals surface area contributed by atoms with Crippen molar-refractivity contribution in [2.45, 2.75) is 32.5 Å². The largest absolute Gasteiger partial charge is 0.497 e. The highest BCUT2D eigenvalue weighted by molar-refractivity contribution is 5.77. The number of esters is 1. The molecule has 0 heterocycles. The van der Waals surface area contributed by atoms with E-state index in [9.17, 15) is 23.1 Å². The maximum absolute atomic E-state index is 13.1. The van der Waals surface area contributed by atoms with Gasteiger partial charge in [-0.1, -0.05) is 30.3 Å². The summed E-state index contributed by atoms with van der Waals surface area (Å²) in [6.07, 6.45) is -3.83. The molecule has 3 aromatic carbocycles. The fourth-order valence-corrected chi connectivity index (χ4v) is 3.69. The van der Waals surface area contributed by atoms with Gasteiger partial charge in [0.1, 0.15) is 5.75 Å². The molecule has 0 bridgehead atoms. The second-order valence-electron chi connectivity index (χ2n) is 7.44. The number of benzene rings is 3. The number of aliphatic hydroxyl groups excluding tert-OH is 1. The van der Waals surface area contributed by atoms with E-state index < -0.39 is 11.7 Å². The molecule has 0 atom stereocenters.